The van der Waals surface area contributed by atoms with Crippen LogP contribution in [0.3, 0.4) is 0 Å². The monoisotopic (exact) mass is 243 g/mol. The van der Waals surface area contributed by atoms with E-state index in [9.17, 15) is 4.79 Å². The molecular formula is C13H25NOS. The Bertz CT molecular complexity index is 230. The smallest absolute Gasteiger partial charge is 0.235 e. The van der Waals surface area contributed by atoms with E-state index in [1.165, 1.54) is 19.3 Å². The normalized spacial score (nSPS) is 24.3. The van der Waals surface area contributed by atoms with E-state index in [-0.39, 0.29) is 11.2 Å². The van der Waals surface area contributed by atoms with Crippen LogP contribution in [0.25, 0.3) is 0 Å². The van der Waals surface area contributed by atoms with E-state index in [4.69, 9.17) is 0 Å². The second-order valence-corrected chi connectivity index (χ2v) is 5.78. The molecule has 2 unspecified atom stereocenters. The van der Waals surface area contributed by atoms with E-state index in [1.807, 2.05) is 4.90 Å². The fraction of sp³-hybridized carbons (Fsp3) is 0.923. The average molecular weight is 243 g/mol. The van der Waals surface area contributed by atoms with Crippen LogP contribution in [0.1, 0.15) is 46.5 Å². The second kappa shape index (κ2) is 6.53. The van der Waals surface area contributed by atoms with Crippen molar-refractivity contribution >= 4 is 18.5 Å². The number of hydrogen-bond acceptors (Lipinski definition) is 2. The number of amides is 1. The van der Waals surface area contributed by atoms with Crippen LogP contribution in [-0.2, 0) is 4.79 Å². The van der Waals surface area contributed by atoms with Gasteiger partial charge < -0.3 is 4.90 Å². The van der Waals surface area contributed by atoms with Crippen LogP contribution in [-0.4, -0.2) is 29.1 Å². The van der Waals surface area contributed by atoms with Gasteiger partial charge in [-0.1, -0.05) is 27.2 Å². The highest BCUT2D eigenvalue weighted by Crippen LogP contribution is 2.22. The molecule has 1 fully saturated rings. The van der Waals surface area contributed by atoms with Gasteiger partial charge in [-0.05, 0) is 31.1 Å². The van der Waals surface area contributed by atoms with Gasteiger partial charge in [0.15, 0.2) is 0 Å². The summed E-state index contributed by atoms with van der Waals surface area (Å²) in [4.78, 5) is 14.2. The van der Waals surface area contributed by atoms with Crippen molar-refractivity contribution in [2.75, 3.05) is 13.1 Å². The van der Waals surface area contributed by atoms with Crippen molar-refractivity contribution in [3.63, 3.8) is 0 Å². The largest absolute Gasteiger partial charge is 0.342 e. The molecule has 0 bridgehead atoms. The number of rotatable bonds is 3. The summed E-state index contributed by atoms with van der Waals surface area (Å²) in [6.07, 6.45) is 4.85. The van der Waals surface area contributed by atoms with Gasteiger partial charge in [0.05, 0.1) is 5.25 Å². The quantitative estimate of drug-likeness (QED) is 0.756. The summed E-state index contributed by atoms with van der Waals surface area (Å²) < 4.78 is 0. The molecule has 0 radical (unpaired) electrons. The highest BCUT2D eigenvalue weighted by atomic mass is 32.1. The van der Waals surface area contributed by atoms with Crippen LogP contribution in [0.4, 0.5) is 0 Å². The van der Waals surface area contributed by atoms with Crippen LogP contribution in [0.15, 0.2) is 0 Å². The van der Waals surface area contributed by atoms with Crippen LogP contribution >= 0.6 is 12.6 Å². The molecule has 0 spiro atoms. The van der Waals surface area contributed by atoms with Crippen molar-refractivity contribution in [3.05, 3.63) is 0 Å². The first-order valence-corrected chi connectivity index (χ1v) is 7.04. The molecule has 0 aliphatic carbocycles. The molecule has 1 amide bonds. The molecule has 2 atom stereocenters. The predicted molar refractivity (Wildman–Crippen MR) is 71.8 cm³/mol. The molecule has 2 nitrogen and oxygen atoms in total. The Hall–Kier alpha value is -0.180. The van der Waals surface area contributed by atoms with Gasteiger partial charge in [0.2, 0.25) is 5.91 Å². The lowest BCUT2D eigenvalue weighted by Gasteiger charge is -2.25. The first-order chi connectivity index (χ1) is 7.56. The molecular weight excluding hydrogens is 218 g/mol. The molecule has 0 saturated carbocycles. The molecule has 1 aliphatic heterocycles. The molecule has 1 saturated heterocycles. The number of likely N-dealkylation sites (tertiary alicyclic amines) is 1. The van der Waals surface area contributed by atoms with Gasteiger partial charge in [-0.15, -0.1) is 0 Å². The van der Waals surface area contributed by atoms with E-state index < -0.39 is 0 Å². The summed E-state index contributed by atoms with van der Waals surface area (Å²) in [5.74, 6) is 1.37. The van der Waals surface area contributed by atoms with Gasteiger partial charge in [0.25, 0.3) is 0 Å². The van der Waals surface area contributed by atoms with Crippen molar-refractivity contribution < 1.29 is 4.79 Å². The lowest BCUT2D eigenvalue weighted by atomic mass is 9.98. The van der Waals surface area contributed by atoms with Crippen molar-refractivity contribution in [2.24, 2.45) is 11.8 Å². The zero-order chi connectivity index (χ0) is 12.1. The Morgan fingerprint density at radius 2 is 2.06 bits per heavy atom. The molecule has 0 aromatic heterocycles. The third-order valence-electron chi connectivity index (χ3n) is 3.62. The average Bonchev–Trinajstić information content (AvgIpc) is 2.51. The standard InChI is InChI=1S/C13H25NOS/c1-4-11-6-5-8-14(9-7-11)13(15)12(16)10(2)3/h10-12,16H,4-9H2,1-3H3. The maximum Gasteiger partial charge on any atom is 0.235 e. The number of carbonyl (C=O) groups excluding carboxylic acids is 1. The second-order valence-electron chi connectivity index (χ2n) is 5.22. The van der Waals surface area contributed by atoms with Crippen molar-refractivity contribution in [3.8, 4) is 0 Å². The highest BCUT2D eigenvalue weighted by molar-refractivity contribution is 7.81. The van der Waals surface area contributed by atoms with Gasteiger partial charge >= 0.3 is 0 Å². The number of carbonyl (C=O) groups is 1. The van der Waals surface area contributed by atoms with Gasteiger partial charge in [0, 0.05) is 13.1 Å². The van der Waals surface area contributed by atoms with Crippen molar-refractivity contribution in [2.45, 2.75) is 51.7 Å². The lowest BCUT2D eigenvalue weighted by molar-refractivity contribution is -0.131. The Morgan fingerprint density at radius 3 is 2.62 bits per heavy atom. The topological polar surface area (TPSA) is 20.3 Å². The first-order valence-electron chi connectivity index (χ1n) is 6.53. The maximum atomic E-state index is 12.1. The molecule has 3 heteroatoms. The molecule has 0 N–H and O–H groups in total. The van der Waals surface area contributed by atoms with Crippen LogP contribution in [0.5, 0.6) is 0 Å². The lowest BCUT2D eigenvalue weighted by Crippen LogP contribution is -2.39. The highest BCUT2D eigenvalue weighted by Gasteiger charge is 2.25. The number of hydrogen-bond donors (Lipinski definition) is 1. The minimum Gasteiger partial charge on any atom is -0.342 e. The Labute approximate surface area is 105 Å². The molecule has 1 rings (SSSR count). The Kier molecular flexibility index (Phi) is 5.67. The fourth-order valence-electron chi connectivity index (χ4n) is 2.27. The van der Waals surface area contributed by atoms with E-state index in [1.54, 1.807) is 0 Å². The van der Waals surface area contributed by atoms with Crippen LogP contribution in [0.2, 0.25) is 0 Å². The van der Waals surface area contributed by atoms with Crippen molar-refractivity contribution in [1.82, 2.24) is 4.90 Å². The molecule has 1 heterocycles. The van der Waals surface area contributed by atoms with Crippen LogP contribution < -0.4 is 0 Å². The predicted octanol–water partition coefficient (Wildman–Crippen LogP) is 2.98. The van der Waals surface area contributed by atoms with E-state index in [2.05, 4.69) is 33.4 Å². The summed E-state index contributed by atoms with van der Waals surface area (Å²) in [5.41, 5.74) is 0. The molecule has 16 heavy (non-hydrogen) atoms. The van der Waals surface area contributed by atoms with Gasteiger partial charge in [-0.3, -0.25) is 4.79 Å². The van der Waals surface area contributed by atoms with Crippen molar-refractivity contribution in [1.29, 1.82) is 0 Å². The minimum atomic E-state index is -0.127. The maximum absolute atomic E-state index is 12.1. The minimum absolute atomic E-state index is 0.127. The molecule has 0 aromatic rings. The van der Waals surface area contributed by atoms with Crippen LogP contribution in [0, 0.1) is 11.8 Å². The summed E-state index contributed by atoms with van der Waals surface area (Å²) >= 11 is 4.42. The number of nitrogens with zero attached hydrogens (tertiary/aromatic N) is 1. The van der Waals surface area contributed by atoms with Gasteiger partial charge in [-0.2, -0.15) is 12.6 Å². The molecule has 0 aromatic carbocycles. The SMILES string of the molecule is CCC1CCCN(C(=O)C(S)C(C)C)CC1. The third kappa shape index (κ3) is 3.69. The zero-order valence-electron chi connectivity index (χ0n) is 10.8. The molecule has 94 valence electrons. The third-order valence-corrected chi connectivity index (χ3v) is 4.44. The van der Waals surface area contributed by atoms with Gasteiger partial charge in [-0.25, -0.2) is 0 Å². The zero-order valence-corrected chi connectivity index (χ0v) is 11.7. The summed E-state index contributed by atoms with van der Waals surface area (Å²) in [6.45, 7) is 8.22. The Morgan fingerprint density at radius 1 is 1.38 bits per heavy atom. The Balaban J connectivity index is 2.51. The van der Waals surface area contributed by atoms with E-state index >= 15 is 0 Å². The first kappa shape index (κ1) is 13.9. The summed E-state index contributed by atoms with van der Waals surface area (Å²) in [5, 5.41) is -0.127. The summed E-state index contributed by atoms with van der Waals surface area (Å²) in [6, 6.07) is 0. The number of thiol groups is 1. The fourth-order valence-corrected chi connectivity index (χ4v) is 2.43. The molecule has 1 aliphatic rings. The van der Waals surface area contributed by atoms with Gasteiger partial charge in [0.1, 0.15) is 0 Å². The van der Waals surface area contributed by atoms with E-state index in [0.717, 1.165) is 25.4 Å². The van der Waals surface area contributed by atoms with E-state index in [0.29, 0.717) is 5.92 Å². The summed E-state index contributed by atoms with van der Waals surface area (Å²) in [7, 11) is 0.